The average molecular weight is 239 g/mol. The smallest absolute Gasteiger partial charge is 0.132 e. The highest BCUT2D eigenvalue weighted by molar-refractivity contribution is 5.45. The van der Waals surface area contributed by atoms with Gasteiger partial charge in [-0.1, -0.05) is 12.1 Å². The van der Waals surface area contributed by atoms with Crippen molar-refractivity contribution in [3.8, 4) is 6.07 Å². The lowest BCUT2D eigenvalue weighted by Gasteiger charge is -2.07. The molecule has 2 rings (SSSR count). The van der Waals surface area contributed by atoms with Crippen LogP contribution in [0.3, 0.4) is 0 Å². The van der Waals surface area contributed by atoms with E-state index in [0.717, 1.165) is 5.56 Å². The van der Waals surface area contributed by atoms with E-state index in [4.69, 9.17) is 11.0 Å². The molecular formula is C13H13N5. The minimum Gasteiger partial charge on any atom is -0.384 e. The summed E-state index contributed by atoms with van der Waals surface area (Å²) in [5.74, 6) is 1.75. The number of rotatable bonds is 3. The van der Waals surface area contributed by atoms with E-state index in [1.54, 1.807) is 19.1 Å². The summed E-state index contributed by atoms with van der Waals surface area (Å²) >= 11 is 0. The molecular weight excluding hydrogens is 226 g/mol. The van der Waals surface area contributed by atoms with Gasteiger partial charge in [-0.15, -0.1) is 0 Å². The number of hydrogen-bond acceptors (Lipinski definition) is 5. The van der Waals surface area contributed by atoms with Gasteiger partial charge >= 0.3 is 0 Å². The zero-order valence-corrected chi connectivity index (χ0v) is 10.0. The van der Waals surface area contributed by atoms with E-state index in [2.05, 4.69) is 21.4 Å². The maximum absolute atomic E-state index is 8.81. The fourth-order valence-corrected chi connectivity index (χ4v) is 1.62. The Labute approximate surface area is 105 Å². The van der Waals surface area contributed by atoms with Crippen LogP contribution in [0.4, 0.5) is 11.6 Å². The van der Waals surface area contributed by atoms with E-state index in [-0.39, 0.29) is 0 Å². The van der Waals surface area contributed by atoms with Crippen LogP contribution in [0.2, 0.25) is 0 Å². The van der Waals surface area contributed by atoms with Gasteiger partial charge in [0.25, 0.3) is 0 Å². The first kappa shape index (κ1) is 11.9. The molecule has 2 aromatic rings. The molecule has 0 atom stereocenters. The molecule has 0 aliphatic heterocycles. The Balaban J connectivity index is 2.09. The molecule has 1 aromatic heterocycles. The third-order valence-electron chi connectivity index (χ3n) is 2.39. The molecule has 3 N–H and O–H groups in total. The van der Waals surface area contributed by atoms with Gasteiger partial charge in [0.1, 0.15) is 17.5 Å². The standard InChI is InChI=1S/C13H13N5/c1-9-17-12(15)6-13(18-9)16-8-11-4-2-3-10(5-11)7-14/h2-6H,8H2,1H3,(H3,15,16,17,18). The van der Waals surface area contributed by atoms with Crippen LogP contribution in [0.5, 0.6) is 0 Å². The minimum atomic E-state index is 0.441. The van der Waals surface area contributed by atoms with E-state index in [0.29, 0.717) is 29.6 Å². The van der Waals surface area contributed by atoms with Crippen molar-refractivity contribution in [1.82, 2.24) is 9.97 Å². The van der Waals surface area contributed by atoms with E-state index in [9.17, 15) is 0 Å². The van der Waals surface area contributed by atoms with Gasteiger partial charge in [0.2, 0.25) is 0 Å². The molecule has 18 heavy (non-hydrogen) atoms. The van der Waals surface area contributed by atoms with Crippen molar-refractivity contribution in [3.05, 3.63) is 47.3 Å². The first-order valence-electron chi connectivity index (χ1n) is 5.51. The number of nitrogen functional groups attached to an aromatic ring is 1. The number of benzene rings is 1. The van der Waals surface area contributed by atoms with Crippen molar-refractivity contribution >= 4 is 11.6 Å². The second kappa shape index (κ2) is 5.15. The maximum Gasteiger partial charge on any atom is 0.132 e. The van der Waals surface area contributed by atoms with Gasteiger partial charge in [-0.05, 0) is 24.6 Å². The highest BCUT2D eigenvalue weighted by atomic mass is 15.0. The number of nitrogens with zero attached hydrogens (tertiary/aromatic N) is 3. The Morgan fingerprint density at radius 1 is 1.33 bits per heavy atom. The Morgan fingerprint density at radius 3 is 2.89 bits per heavy atom. The molecule has 0 radical (unpaired) electrons. The van der Waals surface area contributed by atoms with E-state index >= 15 is 0 Å². The van der Waals surface area contributed by atoms with Crippen molar-refractivity contribution in [3.63, 3.8) is 0 Å². The van der Waals surface area contributed by atoms with Gasteiger partial charge in [-0.2, -0.15) is 5.26 Å². The zero-order chi connectivity index (χ0) is 13.0. The van der Waals surface area contributed by atoms with Gasteiger partial charge < -0.3 is 11.1 Å². The summed E-state index contributed by atoms with van der Waals surface area (Å²) in [6.45, 7) is 2.38. The second-order valence-corrected chi connectivity index (χ2v) is 3.89. The quantitative estimate of drug-likeness (QED) is 0.853. The largest absolute Gasteiger partial charge is 0.384 e. The molecule has 90 valence electrons. The molecule has 0 amide bonds. The number of aryl methyl sites for hydroxylation is 1. The topological polar surface area (TPSA) is 87.6 Å². The zero-order valence-electron chi connectivity index (χ0n) is 10.0. The first-order valence-corrected chi connectivity index (χ1v) is 5.51. The van der Waals surface area contributed by atoms with Crippen LogP contribution in [0, 0.1) is 18.3 Å². The summed E-state index contributed by atoms with van der Waals surface area (Å²) < 4.78 is 0. The predicted molar refractivity (Wildman–Crippen MR) is 69.7 cm³/mol. The van der Waals surface area contributed by atoms with E-state index in [1.165, 1.54) is 0 Å². The molecule has 5 nitrogen and oxygen atoms in total. The number of nitriles is 1. The van der Waals surface area contributed by atoms with Gasteiger partial charge in [-0.25, -0.2) is 9.97 Å². The van der Waals surface area contributed by atoms with Crippen molar-refractivity contribution in [2.45, 2.75) is 13.5 Å². The molecule has 0 spiro atoms. The van der Waals surface area contributed by atoms with Crippen LogP contribution < -0.4 is 11.1 Å². The van der Waals surface area contributed by atoms with Gasteiger partial charge in [0.15, 0.2) is 0 Å². The molecule has 0 saturated carbocycles. The van der Waals surface area contributed by atoms with Gasteiger partial charge in [0, 0.05) is 12.6 Å². The number of hydrogen-bond donors (Lipinski definition) is 2. The second-order valence-electron chi connectivity index (χ2n) is 3.89. The van der Waals surface area contributed by atoms with Crippen molar-refractivity contribution in [2.24, 2.45) is 0 Å². The Morgan fingerprint density at radius 2 is 2.17 bits per heavy atom. The van der Waals surface area contributed by atoms with Gasteiger partial charge in [0.05, 0.1) is 11.6 Å². The van der Waals surface area contributed by atoms with Crippen LogP contribution in [0.25, 0.3) is 0 Å². The van der Waals surface area contributed by atoms with Crippen LogP contribution >= 0.6 is 0 Å². The first-order chi connectivity index (χ1) is 8.67. The lowest BCUT2D eigenvalue weighted by atomic mass is 10.1. The fourth-order valence-electron chi connectivity index (χ4n) is 1.62. The van der Waals surface area contributed by atoms with Crippen molar-refractivity contribution in [2.75, 3.05) is 11.1 Å². The number of nitrogens with one attached hydrogen (secondary N) is 1. The summed E-state index contributed by atoms with van der Waals surface area (Å²) in [5, 5.41) is 12.0. The highest BCUT2D eigenvalue weighted by Crippen LogP contribution is 2.10. The van der Waals surface area contributed by atoms with Crippen molar-refractivity contribution in [1.29, 1.82) is 5.26 Å². The number of anilines is 2. The van der Waals surface area contributed by atoms with E-state index in [1.807, 2.05) is 18.2 Å². The lowest BCUT2D eigenvalue weighted by molar-refractivity contribution is 1.03. The molecule has 0 aliphatic rings. The molecule has 0 saturated heterocycles. The third-order valence-corrected chi connectivity index (χ3v) is 2.39. The monoisotopic (exact) mass is 239 g/mol. The summed E-state index contributed by atoms with van der Waals surface area (Å²) in [7, 11) is 0. The fraction of sp³-hybridized carbons (Fsp3) is 0.154. The average Bonchev–Trinajstić information content (AvgIpc) is 2.35. The van der Waals surface area contributed by atoms with Crippen LogP contribution in [-0.4, -0.2) is 9.97 Å². The SMILES string of the molecule is Cc1nc(N)cc(NCc2cccc(C#N)c2)n1. The minimum absolute atomic E-state index is 0.441. The van der Waals surface area contributed by atoms with Crippen LogP contribution in [-0.2, 0) is 6.54 Å². The van der Waals surface area contributed by atoms with Gasteiger partial charge in [-0.3, -0.25) is 0 Å². The third kappa shape index (κ3) is 2.95. The van der Waals surface area contributed by atoms with Crippen LogP contribution in [0.1, 0.15) is 17.0 Å². The molecule has 0 unspecified atom stereocenters. The molecule has 0 aliphatic carbocycles. The summed E-state index contributed by atoms with van der Waals surface area (Å²) in [6.07, 6.45) is 0. The number of aromatic nitrogens is 2. The Hall–Kier alpha value is -2.61. The Bertz CT molecular complexity index is 580. The Kier molecular flexibility index (Phi) is 3.39. The summed E-state index contributed by atoms with van der Waals surface area (Å²) in [4.78, 5) is 8.22. The summed E-state index contributed by atoms with van der Waals surface area (Å²) in [6, 6.07) is 11.2. The molecule has 1 heterocycles. The molecule has 1 aromatic carbocycles. The summed E-state index contributed by atoms with van der Waals surface area (Å²) in [5.41, 5.74) is 7.30. The predicted octanol–water partition coefficient (Wildman–Crippen LogP) is 1.85. The van der Waals surface area contributed by atoms with Crippen LogP contribution in [0.15, 0.2) is 30.3 Å². The normalized spacial score (nSPS) is 9.78. The molecule has 0 bridgehead atoms. The van der Waals surface area contributed by atoms with E-state index < -0.39 is 0 Å². The van der Waals surface area contributed by atoms with Crippen molar-refractivity contribution < 1.29 is 0 Å². The highest BCUT2D eigenvalue weighted by Gasteiger charge is 2.00. The number of nitrogens with two attached hydrogens (primary N) is 1. The lowest BCUT2D eigenvalue weighted by Crippen LogP contribution is -2.05. The molecule has 0 fully saturated rings. The molecule has 5 heteroatoms. The maximum atomic E-state index is 8.81.